The van der Waals surface area contributed by atoms with Crippen molar-refractivity contribution in [2.45, 2.75) is 25.3 Å². The molecule has 3 rings (SSSR count). The van der Waals surface area contributed by atoms with E-state index in [2.05, 4.69) is 31.3 Å². The first-order valence-electron chi connectivity index (χ1n) is 6.59. The molecule has 0 aliphatic heterocycles. The van der Waals surface area contributed by atoms with Crippen LogP contribution in [0.5, 0.6) is 0 Å². The van der Waals surface area contributed by atoms with E-state index in [0.29, 0.717) is 10.3 Å². The second kappa shape index (κ2) is 5.36. The van der Waals surface area contributed by atoms with E-state index >= 15 is 0 Å². The van der Waals surface area contributed by atoms with E-state index in [0.717, 1.165) is 24.8 Å². The van der Waals surface area contributed by atoms with Crippen LogP contribution >= 0.6 is 15.9 Å². The maximum atomic E-state index is 12.3. The van der Waals surface area contributed by atoms with Gasteiger partial charge < -0.3 is 5.32 Å². The lowest BCUT2D eigenvalue weighted by Crippen LogP contribution is -2.31. The van der Waals surface area contributed by atoms with Crippen LogP contribution in [0.2, 0.25) is 0 Å². The number of amides is 1. The second-order valence-electron chi connectivity index (χ2n) is 4.93. The molecule has 2 aromatic rings. The molecule has 0 radical (unpaired) electrons. The van der Waals surface area contributed by atoms with Gasteiger partial charge in [-0.25, -0.2) is 4.98 Å². The van der Waals surface area contributed by atoms with Crippen molar-refractivity contribution in [3.05, 3.63) is 46.0 Å². The third kappa shape index (κ3) is 2.47. The average molecular weight is 335 g/mol. The highest BCUT2D eigenvalue weighted by Gasteiger charge is 2.25. The highest BCUT2D eigenvalue weighted by molar-refractivity contribution is 9.10. The van der Waals surface area contributed by atoms with Crippen LogP contribution in [-0.2, 0) is 13.5 Å². The quantitative estimate of drug-likeness (QED) is 0.858. The van der Waals surface area contributed by atoms with Crippen LogP contribution in [0.3, 0.4) is 0 Å². The summed E-state index contributed by atoms with van der Waals surface area (Å²) in [6.07, 6.45) is 4.88. The number of aromatic nitrogens is 3. The topological polar surface area (TPSA) is 59.8 Å². The molecule has 1 amide bonds. The molecule has 5 nitrogen and oxygen atoms in total. The van der Waals surface area contributed by atoms with Gasteiger partial charge in [0.15, 0.2) is 0 Å². The Hall–Kier alpha value is -1.69. The lowest BCUT2D eigenvalue weighted by Gasteiger charge is -2.23. The Kier molecular flexibility index (Phi) is 3.56. The summed E-state index contributed by atoms with van der Waals surface area (Å²) in [4.78, 5) is 16.4. The molecule has 20 heavy (non-hydrogen) atoms. The van der Waals surface area contributed by atoms with Crippen molar-refractivity contribution < 1.29 is 4.79 Å². The largest absolute Gasteiger partial charge is 0.344 e. The number of halogens is 1. The van der Waals surface area contributed by atoms with Crippen LogP contribution in [-0.4, -0.2) is 20.7 Å². The van der Waals surface area contributed by atoms with Gasteiger partial charge in [0.05, 0.1) is 12.2 Å². The minimum atomic E-state index is -0.145. The maximum Gasteiger partial charge on any atom is 0.270 e. The third-order valence-electron chi connectivity index (χ3n) is 3.63. The fourth-order valence-electron chi connectivity index (χ4n) is 2.62. The van der Waals surface area contributed by atoms with Crippen molar-refractivity contribution in [2.75, 3.05) is 0 Å². The number of carbonyl (C=O) groups is 1. The molecule has 1 aliphatic rings. The van der Waals surface area contributed by atoms with Crippen LogP contribution in [0.1, 0.15) is 40.6 Å². The summed E-state index contributed by atoms with van der Waals surface area (Å²) in [7, 11) is 1.94. The van der Waals surface area contributed by atoms with Gasteiger partial charge in [-0.3, -0.25) is 9.48 Å². The normalized spacial score (nSPS) is 17.6. The first-order valence-corrected chi connectivity index (χ1v) is 7.38. The van der Waals surface area contributed by atoms with Crippen molar-refractivity contribution in [1.29, 1.82) is 0 Å². The smallest absolute Gasteiger partial charge is 0.270 e. The Labute approximate surface area is 125 Å². The number of nitrogens with zero attached hydrogens (tertiary/aromatic N) is 3. The van der Waals surface area contributed by atoms with E-state index in [1.165, 1.54) is 5.69 Å². The Morgan fingerprint density at radius 2 is 2.35 bits per heavy atom. The summed E-state index contributed by atoms with van der Waals surface area (Å²) in [5.41, 5.74) is 2.77. The Morgan fingerprint density at radius 3 is 3.15 bits per heavy atom. The van der Waals surface area contributed by atoms with Gasteiger partial charge in [-0.1, -0.05) is 6.07 Å². The number of pyridine rings is 1. The highest BCUT2D eigenvalue weighted by Crippen LogP contribution is 2.29. The lowest BCUT2D eigenvalue weighted by molar-refractivity contribution is 0.0927. The monoisotopic (exact) mass is 334 g/mol. The van der Waals surface area contributed by atoms with Gasteiger partial charge in [-0.05, 0) is 47.3 Å². The molecule has 1 N–H and O–H groups in total. The van der Waals surface area contributed by atoms with Crippen LogP contribution in [0.15, 0.2) is 29.0 Å². The van der Waals surface area contributed by atoms with E-state index in [4.69, 9.17) is 0 Å². The molecule has 0 bridgehead atoms. The molecule has 2 heterocycles. The molecule has 104 valence electrons. The predicted octanol–water partition coefficient (Wildman–Crippen LogP) is 2.39. The van der Waals surface area contributed by atoms with Gasteiger partial charge in [-0.2, -0.15) is 5.10 Å². The van der Waals surface area contributed by atoms with Crippen LogP contribution in [0.4, 0.5) is 0 Å². The van der Waals surface area contributed by atoms with E-state index in [1.807, 2.05) is 24.0 Å². The fraction of sp³-hybridized carbons (Fsp3) is 0.357. The van der Waals surface area contributed by atoms with Gasteiger partial charge in [0, 0.05) is 18.3 Å². The maximum absolute atomic E-state index is 12.3. The minimum Gasteiger partial charge on any atom is -0.344 e. The molecule has 1 unspecified atom stereocenters. The number of carbonyl (C=O) groups excluding carboxylic acids is 1. The SMILES string of the molecule is Cn1ncc2c1CCCC2NC(=O)c1cccc(Br)n1. The Bertz CT molecular complexity index is 652. The number of nitrogens with one attached hydrogen (secondary N) is 1. The van der Waals surface area contributed by atoms with E-state index in [-0.39, 0.29) is 11.9 Å². The Morgan fingerprint density at radius 1 is 1.50 bits per heavy atom. The average Bonchev–Trinajstić information content (AvgIpc) is 2.82. The van der Waals surface area contributed by atoms with E-state index < -0.39 is 0 Å². The zero-order valence-corrected chi connectivity index (χ0v) is 12.7. The molecule has 6 heteroatoms. The van der Waals surface area contributed by atoms with Crippen molar-refractivity contribution in [2.24, 2.45) is 7.05 Å². The molecule has 1 atom stereocenters. The van der Waals surface area contributed by atoms with Crippen molar-refractivity contribution in [3.63, 3.8) is 0 Å². The standard InChI is InChI=1S/C14H15BrN4O/c1-19-12-6-2-4-10(9(12)8-16-19)18-14(20)11-5-3-7-13(15)17-11/h3,5,7-8,10H,2,4,6H2,1H3,(H,18,20). The number of hydrogen-bond acceptors (Lipinski definition) is 3. The zero-order valence-electron chi connectivity index (χ0n) is 11.1. The molecule has 0 spiro atoms. The van der Waals surface area contributed by atoms with Gasteiger partial charge in [0.1, 0.15) is 10.3 Å². The first-order chi connectivity index (χ1) is 9.65. The summed E-state index contributed by atoms with van der Waals surface area (Å²) in [6, 6.07) is 5.35. The number of hydrogen-bond donors (Lipinski definition) is 1. The lowest BCUT2D eigenvalue weighted by atomic mass is 9.93. The minimum absolute atomic E-state index is 0.0285. The van der Waals surface area contributed by atoms with Crippen LogP contribution < -0.4 is 5.32 Å². The molecule has 0 aromatic carbocycles. The molecular formula is C14H15BrN4O. The molecule has 1 aliphatic carbocycles. The summed E-state index contributed by atoms with van der Waals surface area (Å²) < 4.78 is 2.56. The molecule has 0 fully saturated rings. The van der Waals surface area contributed by atoms with Gasteiger partial charge in [0.25, 0.3) is 5.91 Å². The first kappa shape index (κ1) is 13.3. The van der Waals surface area contributed by atoms with Gasteiger partial charge >= 0.3 is 0 Å². The number of fused-ring (bicyclic) bond motifs is 1. The van der Waals surface area contributed by atoms with Crippen molar-refractivity contribution in [3.8, 4) is 0 Å². The number of rotatable bonds is 2. The van der Waals surface area contributed by atoms with E-state index in [1.54, 1.807) is 12.1 Å². The summed E-state index contributed by atoms with van der Waals surface area (Å²) in [6.45, 7) is 0. The second-order valence-corrected chi connectivity index (χ2v) is 5.75. The summed E-state index contributed by atoms with van der Waals surface area (Å²) in [5.74, 6) is -0.145. The fourth-order valence-corrected chi connectivity index (χ4v) is 2.97. The molecule has 0 saturated heterocycles. The molecule has 0 saturated carbocycles. The molecular weight excluding hydrogens is 320 g/mol. The summed E-state index contributed by atoms with van der Waals surface area (Å²) >= 11 is 3.28. The summed E-state index contributed by atoms with van der Waals surface area (Å²) in [5, 5.41) is 7.34. The van der Waals surface area contributed by atoms with Crippen molar-refractivity contribution in [1.82, 2.24) is 20.1 Å². The third-order valence-corrected chi connectivity index (χ3v) is 4.07. The number of aryl methyl sites for hydroxylation is 1. The van der Waals surface area contributed by atoms with Gasteiger partial charge in [0.2, 0.25) is 0 Å². The highest BCUT2D eigenvalue weighted by atomic mass is 79.9. The van der Waals surface area contributed by atoms with Crippen LogP contribution in [0, 0.1) is 0 Å². The van der Waals surface area contributed by atoms with E-state index in [9.17, 15) is 4.79 Å². The zero-order chi connectivity index (χ0) is 14.1. The molecule has 2 aromatic heterocycles. The van der Waals surface area contributed by atoms with Gasteiger partial charge in [-0.15, -0.1) is 0 Å². The van der Waals surface area contributed by atoms with Crippen molar-refractivity contribution >= 4 is 21.8 Å². The van der Waals surface area contributed by atoms with Crippen LogP contribution in [0.25, 0.3) is 0 Å². The Balaban J connectivity index is 1.80. The predicted molar refractivity (Wildman–Crippen MR) is 78.3 cm³/mol.